The molecule has 2 aromatic carbocycles. The Hall–Kier alpha value is -1.91. The molecule has 0 aliphatic carbocycles. The molecule has 0 aromatic heterocycles. The fourth-order valence-electron chi connectivity index (χ4n) is 1.94. The maximum Gasteiger partial charge on any atom is 0.265 e. The zero-order valence-electron chi connectivity index (χ0n) is 13.0. The highest BCUT2D eigenvalue weighted by atomic mass is 35.5. The first-order chi connectivity index (χ1) is 10.9. The fraction of sp³-hybridized carbons (Fsp3) is 0.235. The summed E-state index contributed by atoms with van der Waals surface area (Å²) in [6, 6.07) is 10.3. The largest absolute Gasteiger partial charge is 0.495 e. The maximum atomic E-state index is 12.2. The van der Waals surface area contributed by atoms with Gasteiger partial charge in [-0.25, -0.2) is 0 Å². The fourth-order valence-corrected chi connectivity index (χ4v) is 2.31. The minimum Gasteiger partial charge on any atom is -0.495 e. The van der Waals surface area contributed by atoms with Crippen molar-refractivity contribution < 1.29 is 14.3 Å². The van der Waals surface area contributed by atoms with Crippen LogP contribution in [0.15, 0.2) is 36.4 Å². The second-order valence-corrected chi connectivity index (χ2v) is 5.82. The van der Waals surface area contributed by atoms with Gasteiger partial charge in [-0.1, -0.05) is 23.2 Å². The van der Waals surface area contributed by atoms with Crippen molar-refractivity contribution >= 4 is 34.8 Å². The van der Waals surface area contributed by atoms with Crippen LogP contribution in [0.1, 0.15) is 12.5 Å². The topological polar surface area (TPSA) is 47.6 Å². The number of hydrogen-bond donors (Lipinski definition) is 1. The predicted octanol–water partition coefficient (Wildman–Crippen LogP) is 4.72. The van der Waals surface area contributed by atoms with Gasteiger partial charge in [0.15, 0.2) is 6.10 Å². The minimum atomic E-state index is -0.670. The molecule has 2 rings (SSSR count). The molecule has 122 valence electrons. The van der Waals surface area contributed by atoms with Gasteiger partial charge < -0.3 is 14.8 Å². The molecule has 1 atom stereocenters. The molecule has 0 saturated heterocycles. The average molecular weight is 354 g/mol. The highest BCUT2D eigenvalue weighted by Crippen LogP contribution is 2.27. The van der Waals surface area contributed by atoms with Crippen molar-refractivity contribution in [1.29, 1.82) is 0 Å². The van der Waals surface area contributed by atoms with E-state index in [-0.39, 0.29) is 5.91 Å². The zero-order chi connectivity index (χ0) is 17.0. The number of carbonyl (C=O) groups is 1. The average Bonchev–Trinajstić information content (AvgIpc) is 2.51. The number of hydrogen-bond acceptors (Lipinski definition) is 3. The van der Waals surface area contributed by atoms with Crippen LogP contribution in [0.2, 0.25) is 10.0 Å². The van der Waals surface area contributed by atoms with E-state index in [0.29, 0.717) is 27.2 Å². The number of aryl methyl sites for hydroxylation is 1. The Labute approximate surface area is 145 Å². The van der Waals surface area contributed by atoms with Gasteiger partial charge in [0.2, 0.25) is 0 Å². The lowest BCUT2D eigenvalue weighted by Crippen LogP contribution is -2.30. The second-order valence-electron chi connectivity index (χ2n) is 5.01. The Balaban J connectivity index is 2.02. The third-order valence-electron chi connectivity index (χ3n) is 3.23. The smallest absolute Gasteiger partial charge is 0.265 e. The molecule has 4 nitrogen and oxygen atoms in total. The summed E-state index contributed by atoms with van der Waals surface area (Å²) in [5.74, 6) is 0.853. The molecule has 0 unspecified atom stereocenters. The van der Waals surface area contributed by atoms with E-state index in [2.05, 4.69) is 5.32 Å². The SMILES string of the molecule is COc1ccc(NC(=O)[C@@H](C)Oc2ccc(Cl)c(C)c2)cc1Cl. The summed E-state index contributed by atoms with van der Waals surface area (Å²) in [5.41, 5.74) is 1.46. The van der Waals surface area contributed by atoms with Gasteiger partial charge in [-0.3, -0.25) is 4.79 Å². The molecule has 0 aliphatic heterocycles. The van der Waals surface area contributed by atoms with Crippen molar-refractivity contribution in [3.8, 4) is 11.5 Å². The van der Waals surface area contributed by atoms with Gasteiger partial charge in [0.05, 0.1) is 12.1 Å². The summed E-state index contributed by atoms with van der Waals surface area (Å²) in [6.45, 7) is 3.55. The van der Waals surface area contributed by atoms with Crippen LogP contribution in [0.3, 0.4) is 0 Å². The van der Waals surface area contributed by atoms with Crippen molar-refractivity contribution in [2.24, 2.45) is 0 Å². The van der Waals surface area contributed by atoms with Crippen LogP contribution in [0.4, 0.5) is 5.69 Å². The molecule has 0 radical (unpaired) electrons. The van der Waals surface area contributed by atoms with Gasteiger partial charge in [-0.05, 0) is 55.8 Å². The molecule has 0 fully saturated rings. The number of rotatable bonds is 5. The van der Waals surface area contributed by atoms with Crippen LogP contribution in [0, 0.1) is 6.92 Å². The van der Waals surface area contributed by atoms with E-state index in [4.69, 9.17) is 32.7 Å². The summed E-state index contributed by atoms with van der Waals surface area (Å²) in [4.78, 5) is 12.2. The van der Waals surface area contributed by atoms with Crippen molar-refractivity contribution in [1.82, 2.24) is 0 Å². The normalized spacial score (nSPS) is 11.7. The molecule has 1 N–H and O–H groups in total. The van der Waals surface area contributed by atoms with E-state index in [1.165, 1.54) is 7.11 Å². The van der Waals surface area contributed by atoms with Crippen LogP contribution in [-0.2, 0) is 4.79 Å². The Morgan fingerprint density at radius 3 is 2.48 bits per heavy atom. The summed E-state index contributed by atoms with van der Waals surface area (Å²) >= 11 is 12.0. The highest BCUT2D eigenvalue weighted by molar-refractivity contribution is 6.32. The van der Waals surface area contributed by atoms with Crippen LogP contribution in [0.25, 0.3) is 0 Å². The van der Waals surface area contributed by atoms with Crippen LogP contribution in [-0.4, -0.2) is 19.1 Å². The Kier molecular flexibility index (Phi) is 5.74. The number of halogens is 2. The molecule has 2 aromatic rings. The quantitative estimate of drug-likeness (QED) is 0.845. The van der Waals surface area contributed by atoms with E-state index < -0.39 is 6.10 Å². The Morgan fingerprint density at radius 2 is 1.87 bits per heavy atom. The first-order valence-corrected chi connectivity index (χ1v) is 7.73. The molecular weight excluding hydrogens is 337 g/mol. The van der Waals surface area contributed by atoms with Crippen molar-refractivity contribution in [3.05, 3.63) is 52.0 Å². The Morgan fingerprint density at radius 1 is 1.13 bits per heavy atom. The summed E-state index contributed by atoms with van der Waals surface area (Å²) in [5, 5.41) is 3.83. The molecule has 1 amide bonds. The molecule has 6 heteroatoms. The van der Waals surface area contributed by atoms with E-state index >= 15 is 0 Å². The summed E-state index contributed by atoms with van der Waals surface area (Å²) in [6.07, 6.45) is -0.670. The molecule has 0 bridgehead atoms. The van der Waals surface area contributed by atoms with Crippen LogP contribution < -0.4 is 14.8 Å². The number of nitrogens with one attached hydrogen (secondary N) is 1. The Bertz CT molecular complexity index is 719. The molecule has 0 aliphatic rings. The van der Waals surface area contributed by atoms with Crippen LogP contribution >= 0.6 is 23.2 Å². The third kappa shape index (κ3) is 4.53. The first-order valence-electron chi connectivity index (χ1n) is 6.98. The molecular formula is C17H17Cl2NO3. The lowest BCUT2D eigenvalue weighted by molar-refractivity contribution is -0.122. The first kappa shape index (κ1) is 17.4. The van der Waals surface area contributed by atoms with E-state index in [9.17, 15) is 4.79 Å². The van der Waals surface area contributed by atoms with Gasteiger partial charge in [0.25, 0.3) is 5.91 Å². The maximum absolute atomic E-state index is 12.2. The molecule has 23 heavy (non-hydrogen) atoms. The molecule has 0 spiro atoms. The standard InChI is InChI=1S/C17H17Cl2NO3/c1-10-8-13(5-6-14(10)18)23-11(2)17(21)20-12-4-7-16(22-3)15(19)9-12/h4-9,11H,1-3H3,(H,20,21)/t11-/m1/s1. The number of anilines is 1. The third-order valence-corrected chi connectivity index (χ3v) is 3.95. The number of benzene rings is 2. The lowest BCUT2D eigenvalue weighted by Gasteiger charge is -2.16. The lowest BCUT2D eigenvalue weighted by atomic mass is 10.2. The van der Waals surface area contributed by atoms with Crippen molar-refractivity contribution in [2.45, 2.75) is 20.0 Å². The van der Waals surface area contributed by atoms with E-state index in [0.717, 1.165) is 5.56 Å². The number of ether oxygens (including phenoxy) is 2. The van der Waals surface area contributed by atoms with Gasteiger partial charge in [0, 0.05) is 10.7 Å². The molecule has 0 heterocycles. The van der Waals surface area contributed by atoms with Crippen LogP contribution in [0.5, 0.6) is 11.5 Å². The van der Waals surface area contributed by atoms with E-state index in [1.54, 1.807) is 43.3 Å². The van der Waals surface area contributed by atoms with E-state index in [1.807, 2.05) is 6.92 Å². The number of methoxy groups -OCH3 is 1. The van der Waals surface area contributed by atoms with Gasteiger partial charge in [0.1, 0.15) is 11.5 Å². The van der Waals surface area contributed by atoms with Gasteiger partial charge in [-0.2, -0.15) is 0 Å². The summed E-state index contributed by atoms with van der Waals surface area (Å²) < 4.78 is 10.7. The minimum absolute atomic E-state index is 0.279. The van der Waals surface area contributed by atoms with Gasteiger partial charge in [-0.15, -0.1) is 0 Å². The predicted molar refractivity (Wildman–Crippen MR) is 92.9 cm³/mol. The highest BCUT2D eigenvalue weighted by Gasteiger charge is 2.16. The second kappa shape index (κ2) is 7.57. The monoisotopic (exact) mass is 353 g/mol. The number of carbonyl (C=O) groups excluding carboxylic acids is 1. The molecule has 0 saturated carbocycles. The van der Waals surface area contributed by atoms with Gasteiger partial charge >= 0.3 is 0 Å². The summed E-state index contributed by atoms with van der Waals surface area (Å²) in [7, 11) is 1.53. The zero-order valence-corrected chi connectivity index (χ0v) is 14.5. The van der Waals surface area contributed by atoms with Crippen molar-refractivity contribution in [2.75, 3.05) is 12.4 Å². The number of amides is 1. The van der Waals surface area contributed by atoms with Crippen molar-refractivity contribution in [3.63, 3.8) is 0 Å².